The Morgan fingerprint density at radius 2 is 2.33 bits per heavy atom. The standard InChI is InChI=1S/C11H16N2O2/c1-8(5-12)3-11(14)9-4-10(15-2)7-13-6-9/h4,6-8H,3,5,12H2,1-2H3. The number of hydrogen-bond donors (Lipinski definition) is 1. The summed E-state index contributed by atoms with van der Waals surface area (Å²) in [4.78, 5) is 15.7. The highest BCUT2D eigenvalue weighted by atomic mass is 16.5. The minimum Gasteiger partial charge on any atom is -0.495 e. The van der Waals surface area contributed by atoms with E-state index < -0.39 is 0 Å². The molecule has 1 atom stereocenters. The van der Waals surface area contributed by atoms with Crippen LogP contribution in [0.25, 0.3) is 0 Å². The first-order valence-corrected chi connectivity index (χ1v) is 4.89. The van der Waals surface area contributed by atoms with Gasteiger partial charge in [0.2, 0.25) is 0 Å². The van der Waals surface area contributed by atoms with Crippen molar-refractivity contribution in [3.63, 3.8) is 0 Å². The fourth-order valence-electron chi connectivity index (χ4n) is 1.20. The molecule has 2 N–H and O–H groups in total. The Kier molecular flexibility index (Phi) is 4.24. The molecule has 0 fully saturated rings. The van der Waals surface area contributed by atoms with Crippen LogP contribution >= 0.6 is 0 Å². The molecule has 1 heterocycles. The minimum absolute atomic E-state index is 0.0550. The lowest BCUT2D eigenvalue weighted by Crippen LogP contribution is -2.15. The first kappa shape index (κ1) is 11.7. The van der Waals surface area contributed by atoms with E-state index in [0.29, 0.717) is 24.3 Å². The van der Waals surface area contributed by atoms with Crippen LogP contribution in [0.1, 0.15) is 23.7 Å². The van der Waals surface area contributed by atoms with Crippen molar-refractivity contribution in [1.29, 1.82) is 0 Å². The number of pyridine rings is 1. The molecular formula is C11H16N2O2. The van der Waals surface area contributed by atoms with Crippen LogP contribution < -0.4 is 10.5 Å². The van der Waals surface area contributed by atoms with Gasteiger partial charge in [-0.05, 0) is 18.5 Å². The maximum Gasteiger partial charge on any atom is 0.164 e. The van der Waals surface area contributed by atoms with Crippen molar-refractivity contribution < 1.29 is 9.53 Å². The number of rotatable bonds is 5. The number of ketones is 1. The second-order valence-corrected chi connectivity index (χ2v) is 3.58. The number of aromatic nitrogens is 1. The summed E-state index contributed by atoms with van der Waals surface area (Å²) in [6.45, 7) is 2.47. The zero-order chi connectivity index (χ0) is 11.3. The van der Waals surface area contributed by atoms with E-state index in [0.717, 1.165) is 0 Å². The summed E-state index contributed by atoms with van der Waals surface area (Å²) in [5.41, 5.74) is 6.04. The molecule has 0 radical (unpaired) electrons. The maximum absolute atomic E-state index is 11.7. The van der Waals surface area contributed by atoms with Gasteiger partial charge in [-0.3, -0.25) is 9.78 Å². The highest BCUT2D eigenvalue weighted by Crippen LogP contribution is 2.14. The van der Waals surface area contributed by atoms with E-state index in [1.54, 1.807) is 25.6 Å². The van der Waals surface area contributed by atoms with Gasteiger partial charge in [-0.25, -0.2) is 0 Å². The van der Waals surface area contributed by atoms with Crippen LogP contribution in [-0.2, 0) is 0 Å². The number of nitrogens with zero attached hydrogens (tertiary/aromatic N) is 1. The first-order chi connectivity index (χ1) is 7.17. The molecular weight excluding hydrogens is 192 g/mol. The summed E-state index contributed by atoms with van der Waals surface area (Å²) in [6.07, 6.45) is 3.57. The smallest absolute Gasteiger partial charge is 0.164 e. The highest BCUT2D eigenvalue weighted by Gasteiger charge is 2.11. The zero-order valence-electron chi connectivity index (χ0n) is 9.06. The van der Waals surface area contributed by atoms with Gasteiger partial charge in [0.15, 0.2) is 5.78 Å². The van der Waals surface area contributed by atoms with Gasteiger partial charge >= 0.3 is 0 Å². The Bertz CT molecular complexity index is 339. The molecule has 82 valence electrons. The number of nitrogens with two attached hydrogens (primary N) is 1. The normalized spacial score (nSPS) is 12.2. The molecule has 0 aliphatic heterocycles. The van der Waals surface area contributed by atoms with Crippen molar-refractivity contribution in [1.82, 2.24) is 4.98 Å². The number of hydrogen-bond acceptors (Lipinski definition) is 4. The monoisotopic (exact) mass is 208 g/mol. The van der Waals surface area contributed by atoms with Gasteiger partial charge in [0, 0.05) is 18.2 Å². The van der Waals surface area contributed by atoms with E-state index in [-0.39, 0.29) is 11.7 Å². The van der Waals surface area contributed by atoms with Crippen molar-refractivity contribution in [2.45, 2.75) is 13.3 Å². The first-order valence-electron chi connectivity index (χ1n) is 4.89. The van der Waals surface area contributed by atoms with Crippen molar-refractivity contribution in [2.24, 2.45) is 11.7 Å². The van der Waals surface area contributed by atoms with E-state index in [4.69, 9.17) is 10.5 Å². The quantitative estimate of drug-likeness (QED) is 0.740. The summed E-state index contributed by atoms with van der Waals surface area (Å²) < 4.78 is 5.00. The Morgan fingerprint density at radius 3 is 2.93 bits per heavy atom. The summed E-state index contributed by atoms with van der Waals surface area (Å²) in [6, 6.07) is 1.69. The average Bonchev–Trinajstić information content (AvgIpc) is 2.28. The Hall–Kier alpha value is -1.42. The summed E-state index contributed by atoms with van der Waals surface area (Å²) in [5.74, 6) is 0.851. The van der Waals surface area contributed by atoms with Gasteiger partial charge in [0.25, 0.3) is 0 Å². The second-order valence-electron chi connectivity index (χ2n) is 3.58. The molecule has 4 nitrogen and oxygen atoms in total. The number of ether oxygens (including phenoxy) is 1. The van der Waals surface area contributed by atoms with Gasteiger partial charge in [-0.2, -0.15) is 0 Å². The predicted octanol–water partition coefficient (Wildman–Crippen LogP) is 1.26. The molecule has 0 amide bonds. The maximum atomic E-state index is 11.7. The van der Waals surface area contributed by atoms with Gasteiger partial charge in [-0.1, -0.05) is 6.92 Å². The topological polar surface area (TPSA) is 65.2 Å². The SMILES string of the molecule is COc1cncc(C(=O)CC(C)CN)c1. The van der Waals surface area contributed by atoms with Crippen molar-refractivity contribution >= 4 is 5.78 Å². The molecule has 1 aromatic heterocycles. The van der Waals surface area contributed by atoms with Crippen LogP contribution in [0.15, 0.2) is 18.5 Å². The highest BCUT2D eigenvalue weighted by molar-refractivity contribution is 5.96. The molecule has 4 heteroatoms. The van der Waals surface area contributed by atoms with Gasteiger partial charge in [0.05, 0.1) is 13.3 Å². The molecule has 15 heavy (non-hydrogen) atoms. The Morgan fingerprint density at radius 1 is 1.60 bits per heavy atom. The minimum atomic E-state index is 0.0550. The second kappa shape index (κ2) is 5.46. The molecule has 0 aromatic carbocycles. The lowest BCUT2D eigenvalue weighted by Gasteiger charge is -2.07. The van der Waals surface area contributed by atoms with Crippen LogP contribution in [0.4, 0.5) is 0 Å². The molecule has 0 spiro atoms. The number of methoxy groups -OCH3 is 1. The Balaban J connectivity index is 2.73. The molecule has 1 aromatic rings. The van der Waals surface area contributed by atoms with Gasteiger partial charge in [-0.15, -0.1) is 0 Å². The third-order valence-corrected chi connectivity index (χ3v) is 2.21. The van der Waals surface area contributed by atoms with E-state index in [9.17, 15) is 4.79 Å². The van der Waals surface area contributed by atoms with E-state index >= 15 is 0 Å². The van der Waals surface area contributed by atoms with Gasteiger partial charge < -0.3 is 10.5 Å². The number of carbonyl (C=O) groups is 1. The summed E-state index contributed by atoms with van der Waals surface area (Å²) in [7, 11) is 1.55. The fraction of sp³-hybridized carbons (Fsp3) is 0.455. The lowest BCUT2D eigenvalue weighted by atomic mass is 10.0. The molecule has 0 bridgehead atoms. The fourth-order valence-corrected chi connectivity index (χ4v) is 1.20. The van der Waals surface area contributed by atoms with E-state index in [1.165, 1.54) is 0 Å². The van der Waals surface area contributed by atoms with Crippen LogP contribution in [0.5, 0.6) is 5.75 Å². The number of carbonyl (C=O) groups excluding carboxylic acids is 1. The van der Waals surface area contributed by atoms with Crippen molar-refractivity contribution in [3.05, 3.63) is 24.0 Å². The molecule has 1 unspecified atom stereocenters. The third-order valence-electron chi connectivity index (χ3n) is 2.21. The largest absolute Gasteiger partial charge is 0.495 e. The van der Waals surface area contributed by atoms with Crippen molar-refractivity contribution in [2.75, 3.05) is 13.7 Å². The number of Topliss-reactive ketones (excluding diaryl/α,β-unsaturated/α-hetero) is 1. The molecule has 0 aliphatic rings. The summed E-state index contributed by atoms with van der Waals surface area (Å²) >= 11 is 0. The Labute approximate surface area is 89.5 Å². The van der Waals surface area contributed by atoms with Crippen LogP contribution in [0, 0.1) is 5.92 Å². The molecule has 1 rings (SSSR count). The van der Waals surface area contributed by atoms with Crippen LogP contribution in [-0.4, -0.2) is 24.4 Å². The molecule has 0 saturated carbocycles. The van der Waals surface area contributed by atoms with Crippen molar-refractivity contribution in [3.8, 4) is 5.75 Å². The molecule has 0 saturated heterocycles. The van der Waals surface area contributed by atoms with E-state index in [2.05, 4.69) is 4.98 Å². The van der Waals surface area contributed by atoms with Crippen LogP contribution in [0.3, 0.4) is 0 Å². The molecule has 0 aliphatic carbocycles. The van der Waals surface area contributed by atoms with Gasteiger partial charge in [0.1, 0.15) is 5.75 Å². The average molecular weight is 208 g/mol. The zero-order valence-corrected chi connectivity index (χ0v) is 9.06. The predicted molar refractivity (Wildman–Crippen MR) is 58.0 cm³/mol. The lowest BCUT2D eigenvalue weighted by molar-refractivity contribution is 0.0965. The van der Waals surface area contributed by atoms with Crippen LogP contribution in [0.2, 0.25) is 0 Å². The summed E-state index contributed by atoms with van der Waals surface area (Å²) in [5, 5.41) is 0. The third kappa shape index (κ3) is 3.32. The van der Waals surface area contributed by atoms with E-state index in [1.807, 2.05) is 6.92 Å².